The second kappa shape index (κ2) is 4.29. The highest BCUT2D eigenvalue weighted by Crippen LogP contribution is 2.13. The Labute approximate surface area is 85.8 Å². The number of hydrazine groups is 1. The van der Waals surface area contributed by atoms with Crippen LogP contribution < -0.4 is 5.43 Å². The van der Waals surface area contributed by atoms with E-state index in [4.69, 9.17) is 0 Å². The standard InChI is InChI=1S/C10H22N2Si/c1-9(2,3)11-12(7-8-13)10(4,5)6/h7-8,11,13H,1-6H3. The van der Waals surface area contributed by atoms with Crippen LogP contribution in [0.4, 0.5) is 0 Å². The zero-order valence-electron chi connectivity index (χ0n) is 9.68. The molecule has 0 aromatic carbocycles. The van der Waals surface area contributed by atoms with Crippen molar-refractivity contribution in [1.29, 1.82) is 0 Å². The number of nitrogens with one attached hydrogen (secondary N) is 1. The lowest BCUT2D eigenvalue weighted by molar-refractivity contribution is 0.0900. The third-order valence-corrected chi connectivity index (χ3v) is 1.59. The van der Waals surface area contributed by atoms with Gasteiger partial charge >= 0.3 is 0 Å². The summed E-state index contributed by atoms with van der Waals surface area (Å²) in [7, 11) is 2.59. The van der Waals surface area contributed by atoms with Gasteiger partial charge in [-0.2, -0.15) is 0 Å². The SMILES string of the molecule is CC(C)(C)NN(C=C[SiH])C(C)(C)C. The molecule has 0 rings (SSSR count). The number of hydrogen-bond donors (Lipinski definition) is 1. The molecule has 0 saturated carbocycles. The van der Waals surface area contributed by atoms with Crippen LogP contribution >= 0.6 is 0 Å². The third kappa shape index (κ3) is 5.88. The van der Waals surface area contributed by atoms with Crippen LogP contribution in [0, 0.1) is 0 Å². The summed E-state index contributed by atoms with van der Waals surface area (Å²) < 4.78 is 0. The summed E-state index contributed by atoms with van der Waals surface area (Å²) in [5, 5.41) is 2.12. The van der Waals surface area contributed by atoms with Crippen molar-refractivity contribution in [3.05, 3.63) is 11.9 Å². The molecule has 0 amide bonds. The highest BCUT2D eigenvalue weighted by atomic mass is 28.1. The van der Waals surface area contributed by atoms with Crippen LogP contribution in [-0.2, 0) is 0 Å². The van der Waals surface area contributed by atoms with Crippen molar-refractivity contribution < 1.29 is 0 Å². The average molecular weight is 198 g/mol. The van der Waals surface area contributed by atoms with Crippen LogP contribution in [0.1, 0.15) is 41.5 Å². The molecule has 0 spiro atoms. The zero-order chi connectivity index (χ0) is 10.7. The Morgan fingerprint density at radius 2 is 1.54 bits per heavy atom. The number of nitrogens with zero attached hydrogens (tertiary/aromatic N) is 1. The Balaban J connectivity index is 4.46. The Hall–Kier alpha value is -0.283. The predicted molar refractivity (Wildman–Crippen MR) is 60.8 cm³/mol. The predicted octanol–water partition coefficient (Wildman–Crippen LogP) is 1.76. The molecule has 0 atom stereocenters. The fourth-order valence-electron chi connectivity index (χ4n) is 0.876. The van der Waals surface area contributed by atoms with Gasteiger partial charge in [-0.05, 0) is 41.5 Å². The molecule has 0 aliphatic rings. The number of hydrogen-bond acceptors (Lipinski definition) is 2. The van der Waals surface area contributed by atoms with E-state index in [1.165, 1.54) is 0 Å². The fraction of sp³-hybridized carbons (Fsp3) is 0.800. The second-order valence-electron chi connectivity index (χ2n) is 5.24. The van der Waals surface area contributed by atoms with E-state index >= 15 is 0 Å². The summed E-state index contributed by atoms with van der Waals surface area (Å²) in [6.07, 6.45) is 2.04. The maximum atomic E-state index is 3.43. The largest absolute Gasteiger partial charge is 0.311 e. The molecule has 0 saturated heterocycles. The molecule has 0 unspecified atom stereocenters. The fourth-order valence-corrected chi connectivity index (χ4v) is 1.05. The van der Waals surface area contributed by atoms with Crippen molar-refractivity contribution in [3.63, 3.8) is 0 Å². The molecule has 0 aliphatic heterocycles. The molecule has 0 fully saturated rings. The molecule has 76 valence electrons. The summed E-state index contributed by atoms with van der Waals surface area (Å²) in [5.74, 6) is 0. The van der Waals surface area contributed by atoms with Gasteiger partial charge in [-0.25, -0.2) is 5.43 Å². The molecule has 0 heterocycles. The van der Waals surface area contributed by atoms with E-state index in [1.54, 1.807) is 0 Å². The summed E-state index contributed by atoms with van der Waals surface area (Å²) in [6, 6.07) is 0. The monoisotopic (exact) mass is 198 g/mol. The van der Waals surface area contributed by atoms with Crippen LogP contribution in [0.25, 0.3) is 0 Å². The first-order chi connectivity index (χ1) is 5.67. The van der Waals surface area contributed by atoms with E-state index in [0.717, 1.165) is 0 Å². The van der Waals surface area contributed by atoms with Gasteiger partial charge in [0.25, 0.3) is 0 Å². The summed E-state index contributed by atoms with van der Waals surface area (Å²) in [5.41, 5.74) is 5.58. The zero-order valence-corrected chi connectivity index (χ0v) is 10.8. The minimum Gasteiger partial charge on any atom is -0.311 e. The lowest BCUT2D eigenvalue weighted by Gasteiger charge is -2.40. The Morgan fingerprint density at radius 3 is 1.77 bits per heavy atom. The molecule has 2 radical (unpaired) electrons. The lowest BCUT2D eigenvalue weighted by Crippen LogP contribution is -2.54. The molecule has 13 heavy (non-hydrogen) atoms. The second-order valence-corrected chi connectivity index (χ2v) is 5.63. The third-order valence-electron chi connectivity index (χ3n) is 1.41. The van der Waals surface area contributed by atoms with Crippen molar-refractivity contribution >= 4 is 10.2 Å². The van der Waals surface area contributed by atoms with Crippen LogP contribution in [0.5, 0.6) is 0 Å². The molecule has 0 bridgehead atoms. The van der Waals surface area contributed by atoms with Gasteiger partial charge in [0.05, 0.1) is 10.2 Å². The molecule has 1 N–H and O–H groups in total. The topological polar surface area (TPSA) is 15.3 Å². The van der Waals surface area contributed by atoms with Gasteiger partial charge in [-0.15, -0.1) is 0 Å². The van der Waals surface area contributed by atoms with Gasteiger partial charge < -0.3 is 5.01 Å². The van der Waals surface area contributed by atoms with E-state index in [-0.39, 0.29) is 11.1 Å². The molecule has 0 aliphatic carbocycles. The quantitative estimate of drug-likeness (QED) is 0.537. The highest BCUT2D eigenvalue weighted by Gasteiger charge is 2.22. The Kier molecular flexibility index (Phi) is 4.19. The molecular formula is C10H22N2Si. The molecule has 0 aromatic rings. The van der Waals surface area contributed by atoms with Gasteiger partial charge in [-0.3, -0.25) is 0 Å². The van der Waals surface area contributed by atoms with Gasteiger partial charge in [-0.1, -0.05) is 5.70 Å². The van der Waals surface area contributed by atoms with Crippen molar-refractivity contribution in [3.8, 4) is 0 Å². The first kappa shape index (κ1) is 12.7. The van der Waals surface area contributed by atoms with Crippen LogP contribution in [-0.4, -0.2) is 26.3 Å². The summed E-state index contributed by atoms with van der Waals surface area (Å²) in [4.78, 5) is 0. The smallest absolute Gasteiger partial charge is 0.0501 e. The minimum absolute atomic E-state index is 0.0947. The molecule has 2 nitrogen and oxygen atoms in total. The highest BCUT2D eigenvalue weighted by molar-refractivity contribution is 6.16. The van der Waals surface area contributed by atoms with Gasteiger partial charge in [0, 0.05) is 17.3 Å². The summed E-state index contributed by atoms with van der Waals surface area (Å²) in [6.45, 7) is 13.0. The Bertz CT molecular complexity index is 174. The molecular weight excluding hydrogens is 176 g/mol. The van der Waals surface area contributed by atoms with E-state index in [9.17, 15) is 0 Å². The maximum Gasteiger partial charge on any atom is 0.0501 e. The number of rotatable bonds is 2. The van der Waals surface area contributed by atoms with Crippen molar-refractivity contribution in [2.45, 2.75) is 52.6 Å². The van der Waals surface area contributed by atoms with Crippen molar-refractivity contribution in [1.82, 2.24) is 10.4 Å². The lowest BCUT2D eigenvalue weighted by atomic mass is 10.1. The van der Waals surface area contributed by atoms with Crippen molar-refractivity contribution in [2.75, 3.05) is 0 Å². The van der Waals surface area contributed by atoms with E-state index < -0.39 is 0 Å². The normalized spacial score (nSPS) is 13.8. The van der Waals surface area contributed by atoms with E-state index in [1.807, 2.05) is 11.9 Å². The van der Waals surface area contributed by atoms with Gasteiger partial charge in [0.1, 0.15) is 0 Å². The van der Waals surface area contributed by atoms with Gasteiger partial charge in [0.15, 0.2) is 0 Å². The Morgan fingerprint density at radius 1 is 1.08 bits per heavy atom. The van der Waals surface area contributed by atoms with Crippen LogP contribution in [0.2, 0.25) is 0 Å². The molecule has 3 heteroatoms. The van der Waals surface area contributed by atoms with Crippen LogP contribution in [0.3, 0.4) is 0 Å². The van der Waals surface area contributed by atoms with E-state index in [2.05, 4.69) is 62.2 Å². The van der Waals surface area contributed by atoms with Crippen LogP contribution in [0.15, 0.2) is 11.9 Å². The van der Waals surface area contributed by atoms with Gasteiger partial charge in [0.2, 0.25) is 0 Å². The maximum absolute atomic E-state index is 3.43. The first-order valence-corrected chi connectivity index (χ1v) is 5.29. The first-order valence-electron chi connectivity index (χ1n) is 4.62. The average Bonchev–Trinajstić information content (AvgIpc) is 1.81. The van der Waals surface area contributed by atoms with E-state index in [0.29, 0.717) is 0 Å². The molecule has 0 aromatic heterocycles. The van der Waals surface area contributed by atoms with Crippen molar-refractivity contribution in [2.24, 2.45) is 0 Å². The summed E-state index contributed by atoms with van der Waals surface area (Å²) >= 11 is 0. The minimum atomic E-state index is 0.0947.